The van der Waals surface area contributed by atoms with E-state index in [-0.39, 0.29) is 5.78 Å². The molecule has 0 saturated heterocycles. The summed E-state index contributed by atoms with van der Waals surface area (Å²) in [5, 5.41) is 0. The lowest BCUT2D eigenvalue weighted by Crippen LogP contribution is -2.28. The molecule has 0 aromatic carbocycles. The highest BCUT2D eigenvalue weighted by Crippen LogP contribution is 2.12. The van der Waals surface area contributed by atoms with Gasteiger partial charge in [0.05, 0.1) is 0 Å². The third-order valence-electron chi connectivity index (χ3n) is 1.56. The lowest BCUT2D eigenvalue weighted by molar-refractivity contribution is -0.129. The van der Waals surface area contributed by atoms with Gasteiger partial charge in [-0.2, -0.15) is 0 Å². The van der Waals surface area contributed by atoms with Crippen LogP contribution in [0.5, 0.6) is 0 Å². The number of allylic oxidation sites excluding steroid dienone is 2. The van der Waals surface area contributed by atoms with Crippen molar-refractivity contribution in [3.05, 3.63) is 24.0 Å². The van der Waals surface area contributed by atoms with Gasteiger partial charge < -0.3 is 8.85 Å². The zero-order chi connectivity index (χ0) is 15.3. The number of carbonyl (C=O) groups is 2. The molecular formula is C13H24O4Si2. The van der Waals surface area contributed by atoms with Crippen molar-refractivity contribution in [1.82, 2.24) is 0 Å². The molecule has 0 aromatic rings. The van der Waals surface area contributed by atoms with Crippen LogP contribution < -0.4 is 0 Å². The van der Waals surface area contributed by atoms with Crippen LogP contribution in [0.15, 0.2) is 24.0 Å². The maximum absolute atomic E-state index is 11.6. The quantitative estimate of drug-likeness (QED) is 0.327. The monoisotopic (exact) mass is 300 g/mol. The normalized spacial score (nSPS) is 13.5. The van der Waals surface area contributed by atoms with Crippen molar-refractivity contribution < 1.29 is 18.4 Å². The van der Waals surface area contributed by atoms with E-state index in [0.717, 1.165) is 0 Å². The Kier molecular flexibility index (Phi) is 6.44. The predicted molar refractivity (Wildman–Crippen MR) is 81.8 cm³/mol. The van der Waals surface area contributed by atoms with Gasteiger partial charge in [0.25, 0.3) is 0 Å². The van der Waals surface area contributed by atoms with Crippen molar-refractivity contribution in [2.45, 2.75) is 46.2 Å². The second-order valence-electron chi connectivity index (χ2n) is 6.24. The number of hydrogen-bond acceptors (Lipinski definition) is 4. The van der Waals surface area contributed by atoms with Gasteiger partial charge in [-0.25, -0.2) is 4.79 Å². The molecule has 6 heteroatoms. The van der Waals surface area contributed by atoms with Gasteiger partial charge in [-0.15, -0.1) is 0 Å². The van der Waals surface area contributed by atoms with Gasteiger partial charge in [-0.05, 0) is 52.3 Å². The fourth-order valence-corrected chi connectivity index (χ4v) is 2.66. The average Bonchev–Trinajstić information content (AvgIpc) is 2.07. The Labute approximate surface area is 117 Å². The van der Waals surface area contributed by atoms with Gasteiger partial charge in [0.2, 0.25) is 16.6 Å². The van der Waals surface area contributed by atoms with E-state index in [4.69, 9.17) is 8.85 Å². The molecule has 0 unspecified atom stereocenters. The molecule has 4 nitrogen and oxygen atoms in total. The summed E-state index contributed by atoms with van der Waals surface area (Å²) in [6.07, 6.45) is 4.20. The molecule has 0 aliphatic heterocycles. The minimum Gasteiger partial charge on any atom is -0.544 e. The van der Waals surface area contributed by atoms with Crippen molar-refractivity contribution in [2.75, 3.05) is 0 Å². The lowest BCUT2D eigenvalue weighted by atomic mass is 10.3. The first kappa shape index (κ1) is 17.9. The van der Waals surface area contributed by atoms with E-state index < -0.39 is 22.6 Å². The molecule has 0 rings (SSSR count). The summed E-state index contributed by atoms with van der Waals surface area (Å²) in [4.78, 5) is 22.7. The van der Waals surface area contributed by atoms with E-state index in [1.54, 1.807) is 0 Å². The standard InChI is InChI=1S/C13H24O4Si2/c1-11(14)10-12(16-18(2,3)4)8-9-13(15)17-19(5,6)7/h8-10H,1-7H3/b9-8+,12-10-. The van der Waals surface area contributed by atoms with Crippen molar-refractivity contribution in [2.24, 2.45) is 0 Å². The van der Waals surface area contributed by atoms with Crippen molar-refractivity contribution in [3.8, 4) is 0 Å². The largest absolute Gasteiger partial charge is 0.544 e. The van der Waals surface area contributed by atoms with E-state index in [9.17, 15) is 9.59 Å². The molecule has 0 fully saturated rings. The van der Waals surface area contributed by atoms with Gasteiger partial charge in [-0.3, -0.25) is 4.79 Å². The zero-order valence-electron chi connectivity index (χ0n) is 12.9. The fraction of sp³-hybridized carbons (Fsp3) is 0.538. The number of carbonyl (C=O) groups excluding carboxylic acids is 2. The summed E-state index contributed by atoms with van der Waals surface area (Å²) in [5.41, 5.74) is 0. The second-order valence-corrected chi connectivity index (χ2v) is 15.1. The van der Waals surface area contributed by atoms with Crippen LogP contribution in [0, 0.1) is 0 Å². The maximum Gasteiger partial charge on any atom is 0.317 e. The molecule has 0 aliphatic rings. The van der Waals surface area contributed by atoms with E-state index in [1.807, 2.05) is 39.3 Å². The summed E-state index contributed by atoms with van der Waals surface area (Å²) in [5.74, 6) is -0.0940. The van der Waals surface area contributed by atoms with Crippen molar-refractivity contribution in [3.63, 3.8) is 0 Å². The first-order valence-electron chi connectivity index (χ1n) is 6.21. The van der Waals surface area contributed by atoms with E-state index in [1.165, 1.54) is 25.2 Å². The minimum absolute atomic E-state index is 0.114. The van der Waals surface area contributed by atoms with Gasteiger partial charge in [0.15, 0.2) is 5.78 Å². The minimum atomic E-state index is -1.89. The molecule has 108 valence electrons. The Morgan fingerprint density at radius 2 is 1.32 bits per heavy atom. The fourth-order valence-electron chi connectivity index (χ4n) is 1.15. The van der Waals surface area contributed by atoms with Crippen LogP contribution in [0.1, 0.15) is 6.92 Å². The van der Waals surface area contributed by atoms with Crippen LogP contribution in [0.2, 0.25) is 39.3 Å². The van der Waals surface area contributed by atoms with Crippen LogP contribution >= 0.6 is 0 Å². The van der Waals surface area contributed by atoms with Gasteiger partial charge in [-0.1, -0.05) is 0 Å². The van der Waals surface area contributed by atoms with Crippen molar-refractivity contribution >= 4 is 28.4 Å². The molecule has 0 spiro atoms. The average molecular weight is 301 g/mol. The SMILES string of the molecule is CC(=O)/C=C(/C=C/C(=O)O[Si](C)(C)C)O[Si](C)(C)C. The topological polar surface area (TPSA) is 52.6 Å². The highest BCUT2D eigenvalue weighted by atomic mass is 28.4. The summed E-state index contributed by atoms with van der Waals surface area (Å²) >= 11 is 0. The molecular weight excluding hydrogens is 276 g/mol. The van der Waals surface area contributed by atoms with Crippen LogP contribution in [0.25, 0.3) is 0 Å². The first-order valence-corrected chi connectivity index (χ1v) is 13.0. The Bertz CT molecular complexity index is 398. The summed E-state index contributed by atoms with van der Waals surface area (Å²) in [7, 11) is -3.71. The van der Waals surface area contributed by atoms with Gasteiger partial charge >= 0.3 is 5.97 Å². The molecule has 0 N–H and O–H groups in total. The Hall–Kier alpha value is -1.15. The Morgan fingerprint density at radius 1 is 0.842 bits per heavy atom. The van der Waals surface area contributed by atoms with Gasteiger partial charge in [0.1, 0.15) is 5.76 Å². The maximum atomic E-state index is 11.6. The van der Waals surface area contributed by atoms with E-state index >= 15 is 0 Å². The molecule has 0 saturated carbocycles. The smallest absolute Gasteiger partial charge is 0.317 e. The van der Waals surface area contributed by atoms with Gasteiger partial charge in [0, 0.05) is 12.2 Å². The molecule has 0 aliphatic carbocycles. The Morgan fingerprint density at radius 3 is 1.68 bits per heavy atom. The summed E-state index contributed by atoms with van der Waals surface area (Å²) in [6.45, 7) is 13.3. The molecule has 0 radical (unpaired) electrons. The van der Waals surface area contributed by atoms with Crippen LogP contribution in [0.4, 0.5) is 0 Å². The number of rotatable bonds is 6. The second kappa shape index (κ2) is 6.86. The molecule has 0 amide bonds. The van der Waals surface area contributed by atoms with Crippen LogP contribution in [-0.4, -0.2) is 28.4 Å². The molecule has 0 heterocycles. The highest BCUT2D eigenvalue weighted by Gasteiger charge is 2.19. The summed E-state index contributed by atoms with van der Waals surface area (Å²) < 4.78 is 11.0. The third kappa shape index (κ3) is 11.7. The van der Waals surface area contributed by atoms with Crippen molar-refractivity contribution in [1.29, 1.82) is 0 Å². The third-order valence-corrected chi connectivity index (χ3v) is 3.22. The molecule has 19 heavy (non-hydrogen) atoms. The predicted octanol–water partition coefficient (Wildman–Crippen LogP) is 3.25. The lowest BCUT2D eigenvalue weighted by Gasteiger charge is -2.20. The summed E-state index contributed by atoms with van der Waals surface area (Å²) in [6, 6.07) is 0. The number of hydrogen-bond donors (Lipinski definition) is 0. The van der Waals surface area contributed by atoms with E-state index in [0.29, 0.717) is 5.76 Å². The van der Waals surface area contributed by atoms with Crippen LogP contribution in [0.3, 0.4) is 0 Å². The molecule has 0 aromatic heterocycles. The molecule has 0 atom stereocenters. The first-order chi connectivity index (χ1) is 8.39. The zero-order valence-corrected chi connectivity index (χ0v) is 14.9. The number of ketones is 1. The molecule has 0 bridgehead atoms. The Balaban J connectivity index is 4.84. The van der Waals surface area contributed by atoms with E-state index in [2.05, 4.69) is 0 Å². The van der Waals surface area contributed by atoms with Crippen LogP contribution in [-0.2, 0) is 18.4 Å². The highest BCUT2D eigenvalue weighted by molar-refractivity contribution is 6.71.